The van der Waals surface area contributed by atoms with Gasteiger partial charge in [0.1, 0.15) is 17.7 Å². The number of benzene rings is 2. The Bertz CT molecular complexity index is 1290. The molecule has 0 aliphatic rings. The van der Waals surface area contributed by atoms with Crippen molar-refractivity contribution in [1.29, 1.82) is 5.26 Å². The van der Waals surface area contributed by atoms with Crippen LogP contribution in [0.2, 0.25) is 0 Å². The zero-order valence-electron chi connectivity index (χ0n) is 16.8. The topological polar surface area (TPSA) is 57.4 Å². The van der Waals surface area contributed by atoms with E-state index in [0.29, 0.717) is 22.4 Å². The van der Waals surface area contributed by atoms with Crippen LogP contribution in [0.4, 0.5) is 4.39 Å². The van der Waals surface area contributed by atoms with Crippen molar-refractivity contribution < 1.29 is 4.39 Å². The van der Waals surface area contributed by atoms with Crippen molar-refractivity contribution in [3.05, 3.63) is 82.2 Å². The van der Waals surface area contributed by atoms with Gasteiger partial charge >= 0.3 is 0 Å². The van der Waals surface area contributed by atoms with Crippen LogP contribution in [0, 0.1) is 44.8 Å². The van der Waals surface area contributed by atoms with E-state index in [0.717, 1.165) is 22.6 Å². The van der Waals surface area contributed by atoms with E-state index < -0.39 is 0 Å². The fourth-order valence-corrected chi connectivity index (χ4v) is 3.83. The summed E-state index contributed by atoms with van der Waals surface area (Å²) in [6, 6.07) is 15.1. The molecule has 0 fully saturated rings. The molecule has 144 valence electrons. The minimum atomic E-state index is -0.341. The Kier molecular flexibility index (Phi) is 4.56. The average molecular weight is 384 g/mol. The molecule has 0 bridgehead atoms. The number of rotatable bonds is 3. The number of nitrogens with zero attached hydrogens (tertiary/aromatic N) is 3. The number of nitriles is 1. The summed E-state index contributed by atoms with van der Waals surface area (Å²) in [6.45, 7) is 8.27. The van der Waals surface area contributed by atoms with Crippen molar-refractivity contribution in [2.75, 3.05) is 0 Å². The van der Waals surface area contributed by atoms with Crippen LogP contribution in [-0.4, -0.2) is 14.5 Å². The molecule has 0 aliphatic heterocycles. The van der Waals surface area contributed by atoms with E-state index in [4.69, 9.17) is 0 Å². The molecule has 4 nitrogen and oxygen atoms in total. The fourth-order valence-electron chi connectivity index (χ4n) is 3.83. The second kappa shape index (κ2) is 7.06. The number of fused-ring (bicyclic) bond motifs is 1. The van der Waals surface area contributed by atoms with Crippen LogP contribution in [-0.2, 0) is 0 Å². The van der Waals surface area contributed by atoms with Gasteiger partial charge in [0.2, 0.25) is 0 Å². The Hall–Kier alpha value is -3.65. The second-order valence-corrected chi connectivity index (χ2v) is 7.42. The lowest BCUT2D eigenvalue weighted by atomic mass is 10.1. The van der Waals surface area contributed by atoms with Gasteiger partial charge in [0.25, 0.3) is 0 Å². The van der Waals surface area contributed by atoms with Crippen LogP contribution < -0.4 is 0 Å². The molecule has 0 saturated carbocycles. The van der Waals surface area contributed by atoms with Gasteiger partial charge in [0.15, 0.2) is 0 Å². The third kappa shape index (κ3) is 3.45. The van der Waals surface area contributed by atoms with Gasteiger partial charge in [-0.1, -0.05) is 6.07 Å². The fraction of sp³-hybridized carbons (Fsp3) is 0.167. The SMILES string of the molecule is Cc1cc(C)cc(-n2c(C)cc(/C=C(/C#N)c3nc4ccc(F)cc4[nH]3)c2C)c1. The number of hydrogen-bond donors (Lipinski definition) is 1. The van der Waals surface area contributed by atoms with E-state index in [-0.39, 0.29) is 5.82 Å². The highest BCUT2D eigenvalue weighted by molar-refractivity contribution is 5.90. The number of allylic oxidation sites excluding steroid dienone is 1. The van der Waals surface area contributed by atoms with E-state index in [2.05, 4.69) is 65.6 Å². The Morgan fingerprint density at radius 2 is 1.79 bits per heavy atom. The van der Waals surface area contributed by atoms with Crippen molar-refractivity contribution in [3.8, 4) is 11.8 Å². The first-order valence-electron chi connectivity index (χ1n) is 9.41. The zero-order valence-corrected chi connectivity index (χ0v) is 16.8. The van der Waals surface area contributed by atoms with Crippen LogP contribution in [0.5, 0.6) is 0 Å². The number of hydrogen-bond acceptors (Lipinski definition) is 2. The van der Waals surface area contributed by atoms with Crippen molar-refractivity contribution in [2.24, 2.45) is 0 Å². The number of aromatic nitrogens is 3. The van der Waals surface area contributed by atoms with Gasteiger partial charge < -0.3 is 9.55 Å². The lowest BCUT2D eigenvalue weighted by Gasteiger charge is -2.12. The van der Waals surface area contributed by atoms with Gasteiger partial charge in [-0.15, -0.1) is 0 Å². The van der Waals surface area contributed by atoms with Gasteiger partial charge in [-0.3, -0.25) is 0 Å². The molecule has 0 aliphatic carbocycles. The number of imidazole rings is 1. The summed E-state index contributed by atoms with van der Waals surface area (Å²) >= 11 is 0. The molecule has 0 saturated heterocycles. The average Bonchev–Trinajstić information content (AvgIpc) is 3.18. The molecule has 0 amide bonds. The third-order valence-corrected chi connectivity index (χ3v) is 5.05. The standard InChI is InChI=1S/C24H21FN4/c1-14-7-15(2)9-21(8-14)29-16(3)10-18(17(29)4)11-19(13-26)24-27-22-6-5-20(25)12-23(22)28-24/h5-12H,1-4H3,(H,27,28)/b19-11-. The molecule has 2 aromatic heterocycles. The second-order valence-electron chi connectivity index (χ2n) is 7.42. The number of nitrogens with one attached hydrogen (secondary N) is 1. The largest absolute Gasteiger partial charge is 0.337 e. The van der Waals surface area contributed by atoms with Crippen molar-refractivity contribution in [3.63, 3.8) is 0 Å². The van der Waals surface area contributed by atoms with Crippen LogP contribution in [0.1, 0.15) is 33.9 Å². The first kappa shape index (κ1) is 18.7. The summed E-state index contributed by atoms with van der Waals surface area (Å²) in [6.07, 6.45) is 1.83. The van der Waals surface area contributed by atoms with Gasteiger partial charge in [-0.2, -0.15) is 5.26 Å². The molecular weight excluding hydrogens is 363 g/mol. The third-order valence-electron chi connectivity index (χ3n) is 5.05. The molecule has 29 heavy (non-hydrogen) atoms. The highest BCUT2D eigenvalue weighted by Crippen LogP contribution is 2.26. The predicted molar refractivity (Wildman–Crippen MR) is 114 cm³/mol. The number of H-pyrrole nitrogens is 1. The molecule has 2 heterocycles. The summed E-state index contributed by atoms with van der Waals surface area (Å²) in [5.74, 6) is 0.0940. The minimum Gasteiger partial charge on any atom is -0.337 e. The number of halogens is 1. The van der Waals surface area contributed by atoms with E-state index in [1.165, 1.54) is 23.3 Å². The van der Waals surface area contributed by atoms with Gasteiger partial charge in [-0.05, 0) is 86.9 Å². The van der Waals surface area contributed by atoms with E-state index in [1.54, 1.807) is 6.07 Å². The lowest BCUT2D eigenvalue weighted by Crippen LogP contribution is -2.00. The molecule has 4 rings (SSSR count). The molecule has 4 aromatic rings. The van der Waals surface area contributed by atoms with Gasteiger partial charge in [0, 0.05) is 17.1 Å². The summed E-state index contributed by atoms with van der Waals surface area (Å²) in [5, 5.41) is 9.72. The molecule has 5 heteroatoms. The molecular formula is C24H21FN4. The number of aryl methyl sites for hydroxylation is 3. The van der Waals surface area contributed by atoms with E-state index >= 15 is 0 Å². The first-order valence-corrected chi connectivity index (χ1v) is 9.41. The van der Waals surface area contributed by atoms with Crippen LogP contribution >= 0.6 is 0 Å². The van der Waals surface area contributed by atoms with Gasteiger partial charge in [-0.25, -0.2) is 9.37 Å². The van der Waals surface area contributed by atoms with Gasteiger partial charge in [0.05, 0.1) is 16.6 Å². The lowest BCUT2D eigenvalue weighted by molar-refractivity contribution is 0.629. The Labute approximate surface area is 168 Å². The van der Waals surface area contributed by atoms with E-state index in [1.807, 2.05) is 13.0 Å². The maximum absolute atomic E-state index is 13.5. The van der Waals surface area contributed by atoms with Crippen molar-refractivity contribution >= 4 is 22.7 Å². The highest BCUT2D eigenvalue weighted by atomic mass is 19.1. The molecule has 0 unspecified atom stereocenters. The smallest absolute Gasteiger partial charge is 0.149 e. The van der Waals surface area contributed by atoms with Crippen LogP contribution in [0.15, 0.2) is 42.5 Å². The minimum absolute atomic E-state index is 0.341. The summed E-state index contributed by atoms with van der Waals surface area (Å²) in [7, 11) is 0. The van der Waals surface area contributed by atoms with Crippen LogP contribution in [0.3, 0.4) is 0 Å². The maximum atomic E-state index is 13.5. The van der Waals surface area contributed by atoms with E-state index in [9.17, 15) is 9.65 Å². The Morgan fingerprint density at radius 1 is 1.07 bits per heavy atom. The maximum Gasteiger partial charge on any atom is 0.149 e. The predicted octanol–water partition coefficient (Wildman–Crippen LogP) is 5.79. The molecule has 0 spiro atoms. The summed E-state index contributed by atoms with van der Waals surface area (Å²) in [4.78, 5) is 7.49. The number of aromatic amines is 1. The molecule has 2 aromatic carbocycles. The monoisotopic (exact) mass is 384 g/mol. The Morgan fingerprint density at radius 3 is 2.48 bits per heavy atom. The zero-order chi connectivity index (χ0) is 20.7. The van der Waals surface area contributed by atoms with Crippen molar-refractivity contribution in [1.82, 2.24) is 14.5 Å². The van der Waals surface area contributed by atoms with Crippen molar-refractivity contribution in [2.45, 2.75) is 27.7 Å². The molecule has 0 atom stereocenters. The quantitative estimate of drug-likeness (QED) is 0.455. The first-order chi connectivity index (χ1) is 13.9. The molecule has 0 radical (unpaired) electrons. The highest BCUT2D eigenvalue weighted by Gasteiger charge is 2.13. The van der Waals surface area contributed by atoms with Crippen LogP contribution in [0.25, 0.3) is 28.4 Å². The normalized spacial score (nSPS) is 11.8. The molecule has 1 N–H and O–H groups in total. The Balaban J connectivity index is 1.81. The summed E-state index contributed by atoms with van der Waals surface area (Å²) < 4.78 is 15.7. The summed E-state index contributed by atoms with van der Waals surface area (Å²) in [5.41, 5.74) is 8.20.